The van der Waals surface area contributed by atoms with E-state index in [1.54, 1.807) is 6.92 Å². The van der Waals surface area contributed by atoms with E-state index >= 15 is 0 Å². The number of anilines is 1. The van der Waals surface area contributed by atoms with Crippen molar-refractivity contribution >= 4 is 34.2 Å². The van der Waals surface area contributed by atoms with Crippen LogP contribution in [0, 0.1) is 11.6 Å². The van der Waals surface area contributed by atoms with Gasteiger partial charge in [-0.15, -0.1) is 0 Å². The summed E-state index contributed by atoms with van der Waals surface area (Å²) in [6.45, 7) is 4.73. The summed E-state index contributed by atoms with van der Waals surface area (Å²) in [4.78, 5) is 28.3. The Kier molecular flexibility index (Phi) is 6.35. The number of hydrogen-bond acceptors (Lipinski definition) is 7. The van der Waals surface area contributed by atoms with Crippen LogP contribution in [0.1, 0.15) is 48.6 Å². The lowest BCUT2D eigenvalue weighted by Gasteiger charge is -2.19. The summed E-state index contributed by atoms with van der Waals surface area (Å²) in [5, 5.41) is 13.3. The summed E-state index contributed by atoms with van der Waals surface area (Å²) in [7, 11) is 0. The van der Waals surface area contributed by atoms with E-state index in [2.05, 4.69) is 25.3 Å². The fraction of sp³-hybridized carbons (Fsp3) is 0.208. The Morgan fingerprint density at radius 3 is 2.43 bits per heavy atom. The molecule has 1 aromatic carbocycles. The summed E-state index contributed by atoms with van der Waals surface area (Å²) in [5.41, 5.74) is 5.35. The fourth-order valence-electron chi connectivity index (χ4n) is 3.49. The van der Waals surface area contributed by atoms with Gasteiger partial charge in [-0.05, 0) is 39.0 Å². The number of primary amides is 1. The van der Waals surface area contributed by atoms with Gasteiger partial charge in [0.25, 0.3) is 0 Å². The molecule has 0 aliphatic rings. The van der Waals surface area contributed by atoms with E-state index in [-0.39, 0.29) is 44.3 Å². The van der Waals surface area contributed by atoms with E-state index in [0.717, 1.165) is 6.07 Å². The average molecular weight is 499 g/mol. The largest absolute Gasteiger partial charge is 0.382 e. The second-order valence-electron chi connectivity index (χ2n) is 8.49. The van der Waals surface area contributed by atoms with E-state index in [0.29, 0.717) is 5.69 Å². The van der Waals surface area contributed by atoms with Gasteiger partial charge in [0.1, 0.15) is 22.6 Å². The van der Waals surface area contributed by atoms with Gasteiger partial charge in [-0.2, -0.15) is 0 Å². The maximum Gasteiger partial charge on any atom is 0.248 e. The van der Waals surface area contributed by atoms with Crippen LogP contribution in [-0.2, 0) is 5.60 Å². The minimum Gasteiger partial charge on any atom is -0.382 e. The summed E-state index contributed by atoms with van der Waals surface area (Å²) >= 11 is 6.39. The monoisotopic (exact) mass is 498 g/mol. The number of amides is 1. The first-order valence-electron chi connectivity index (χ1n) is 10.5. The molecule has 35 heavy (non-hydrogen) atoms. The van der Waals surface area contributed by atoms with Gasteiger partial charge in [0, 0.05) is 41.3 Å². The van der Waals surface area contributed by atoms with Crippen LogP contribution >= 0.6 is 11.6 Å². The quantitative estimate of drug-likeness (QED) is 0.356. The average Bonchev–Trinajstić information content (AvgIpc) is 2.80. The highest BCUT2D eigenvalue weighted by Crippen LogP contribution is 2.34. The SMILES string of the molecule is C[C@@H](Nc1c(Cl)cnc2cc(F)c(-c3cnc(C(C)(C)O)nc3)nc12)c1cc(C(N)=O)ccc1F. The zero-order chi connectivity index (χ0) is 25.5. The Bertz CT molecular complexity index is 1440. The molecule has 1 atom stereocenters. The molecule has 0 saturated carbocycles. The van der Waals surface area contributed by atoms with Crippen LogP contribution in [0.4, 0.5) is 14.5 Å². The molecule has 0 unspecified atom stereocenters. The summed E-state index contributed by atoms with van der Waals surface area (Å²) in [6.07, 6.45) is 4.04. The number of pyridine rings is 2. The van der Waals surface area contributed by atoms with Crippen molar-refractivity contribution in [2.75, 3.05) is 5.32 Å². The third-order valence-corrected chi connectivity index (χ3v) is 5.62. The highest BCUT2D eigenvalue weighted by atomic mass is 35.5. The number of halogens is 3. The first-order chi connectivity index (χ1) is 16.5. The van der Waals surface area contributed by atoms with Gasteiger partial charge >= 0.3 is 0 Å². The Morgan fingerprint density at radius 2 is 1.80 bits per heavy atom. The standard InChI is InChI=1S/C24H21ClF2N6O2/c1-11(14-6-12(22(28)34)4-5-16(14)26)32-20-15(25)10-29-18-7-17(27)19(33-21(18)20)13-8-30-23(31-9-13)24(2,3)35/h4-11,35H,1-3H3,(H2,28,34)(H,29,32)/t11-/m1/s1. The van der Waals surface area contributed by atoms with Gasteiger partial charge in [-0.3, -0.25) is 9.78 Å². The van der Waals surface area contributed by atoms with E-state index in [1.165, 1.54) is 50.6 Å². The second-order valence-corrected chi connectivity index (χ2v) is 8.90. The van der Waals surface area contributed by atoms with Gasteiger partial charge in [-0.1, -0.05) is 11.6 Å². The summed E-state index contributed by atoms with van der Waals surface area (Å²) < 4.78 is 29.4. The van der Waals surface area contributed by atoms with E-state index in [4.69, 9.17) is 17.3 Å². The van der Waals surface area contributed by atoms with Crippen molar-refractivity contribution < 1.29 is 18.7 Å². The second kappa shape index (κ2) is 9.12. The Hall–Kier alpha value is -3.76. The van der Waals surface area contributed by atoms with Crippen molar-refractivity contribution in [2.45, 2.75) is 32.4 Å². The number of rotatable bonds is 6. The normalized spacial score (nSPS) is 12.5. The van der Waals surface area contributed by atoms with Crippen molar-refractivity contribution in [2.24, 2.45) is 5.73 Å². The lowest BCUT2D eigenvalue weighted by Crippen LogP contribution is -2.19. The lowest BCUT2D eigenvalue weighted by atomic mass is 10.0. The van der Waals surface area contributed by atoms with Crippen molar-refractivity contribution in [3.05, 3.63) is 76.5 Å². The van der Waals surface area contributed by atoms with Crippen molar-refractivity contribution in [3.8, 4) is 11.3 Å². The number of fused-ring (bicyclic) bond motifs is 1. The van der Waals surface area contributed by atoms with Gasteiger partial charge in [0.05, 0.1) is 22.3 Å². The van der Waals surface area contributed by atoms with Crippen molar-refractivity contribution in [1.82, 2.24) is 19.9 Å². The maximum absolute atomic E-state index is 14.9. The number of aromatic nitrogens is 4. The number of nitrogens with two attached hydrogens (primary N) is 1. The molecule has 3 heterocycles. The minimum atomic E-state index is -1.26. The van der Waals surface area contributed by atoms with E-state index in [9.17, 15) is 18.7 Å². The highest BCUT2D eigenvalue weighted by Gasteiger charge is 2.22. The third kappa shape index (κ3) is 4.89. The lowest BCUT2D eigenvalue weighted by molar-refractivity contribution is 0.0687. The minimum absolute atomic E-state index is 0.0542. The molecule has 8 nitrogen and oxygen atoms in total. The van der Waals surface area contributed by atoms with Crippen LogP contribution in [0.3, 0.4) is 0 Å². The predicted molar refractivity (Wildman–Crippen MR) is 128 cm³/mol. The van der Waals surface area contributed by atoms with Gasteiger partial charge in [-0.25, -0.2) is 23.7 Å². The van der Waals surface area contributed by atoms with E-state index < -0.39 is 29.2 Å². The zero-order valence-corrected chi connectivity index (χ0v) is 19.7. The predicted octanol–water partition coefficient (Wildman–Crippen LogP) is 4.52. The number of hydrogen-bond donors (Lipinski definition) is 3. The van der Waals surface area contributed by atoms with Crippen LogP contribution in [-0.4, -0.2) is 30.9 Å². The molecule has 180 valence electrons. The maximum atomic E-state index is 14.9. The molecule has 0 bridgehead atoms. The van der Waals surface area contributed by atoms with E-state index in [1.807, 2.05) is 0 Å². The van der Waals surface area contributed by atoms with Crippen molar-refractivity contribution in [1.29, 1.82) is 0 Å². The molecule has 4 rings (SSSR count). The first kappa shape index (κ1) is 24.4. The zero-order valence-electron chi connectivity index (χ0n) is 19.0. The molecule has 4 aromatic rings. The molecule has 0 aliphatic heterocycles. The van der Waals surface area contributed by atoms with Crippen LogP contribution in [0.25, 0.3) is 22.3 Å². The fourth-order valence-corrected chi connectivity index (χ4v) is 3.69. The molecule has 0 saturated heterocycles. The number of carbonyl (C=O) groups excluding carboxylic acids is 1. The molecule has 0 aliphatic carbocycles. The number of aliphatic hydroxyl groups is 1. The highest BCUT2D eigenvalue weighted by molar-refractivity contribution is 6.34. The molecule has 1 amide bonds. The Balaban J connectivity index is 1.78. The molecule has 3 aromatic heterocycles. The molecule has 11 heteroatoms. The van der Waals surface area contributed by atoms with Gasteiger partial charge in [0.2, 0.25) is 5.91 Å². The molecular formula is C24H21ClF2N6O2. The van der Waals surface area contributed by atoms with Crippen LogP contribution in [0.2, 0.25) is 5.02 Å². The number of nitrogens with zero attached hydrogens (tertiary/aromatic N) is 4. The summed E-state index contributed by atoms with van der Waals surface area (Å²) in [5.74, 6) is -1.73. The van der Waals surface area contributed by atoms with Crippen LogP contribution in [0.15, 0.2) is 42.9 Å². The summed E-state index contributed by atoms with van der Waals surface area (Å²) in [6, 6.07) is 4.34. The molecular weight excluding hydrogens is 478 g/mol. The van der Waals surface area contributed by atoms with Gasteiger partial charge < -0.3 is 16.2 Å². The van der Waals surface area contributed by atoms with Crippen molar-refractivity contribution in [3.63, 3.8) is 0 Å². The van der Waals surface area contributed by atoms with Crippen LogP contribution < -0.4 is 11.1 Å². The Labute approximate surface area is 204 Å². The number of benzene rings is 1. The first-order valence-corrected chi connectivity index (χ1v) is 10.9. The van der Waals surface area contributed by atoms with Gasteiger partial charge in [0.15, 0.2) is 11.6 Å². The molecule has 0 spiro atoms. The smallest absolute Gasteiger partial charge is 0.248 e. The van der Waals surface area contributed by atoms with Crippen LogP contribution in [0.5, 0.6) is 0 Å². The molecule has 0 radical (unpaired) electrons. The number of carbonyl (C=O) groups is 1. The molecule has 0 fully saturated rings. The third-order valence-electron chi connectivity index (χ3n) is 5.33. The number of nitrogens with one attached hydrogen (secondary N) is 1. The Morgan fingerprint density at radius 1 is 1.11 bits per heavy atom. The molecule has 4 N–H and O–H groups in total. The topological polar surface area (TPSA) is 127 Å².